The van der Waals surface area contributed by atoms with E-state index in [4.69, 9.17) is 0 Å². The molecule has 26 heavy (non-hydrogen) atoms. The van der Waals surface area contributed by atoms with E-state index in [9.17, 15) is 28.5 Å². The van der Waals surface area contributed by atoms with Gasteiger partial charge < -0.3 is 10.1 Å². The number of rotatable bonds is 6. The predicted molar refractivity (Wildman–Crippen MR) is 88.1 cm³/mol. The average molecular weight is 362 g/mol. The lowest BCUT2D eigenvalue weighted by Crippen LogP contribution is -2.21. The van der Waals surface area contributed by atoms with Gasteiger partial charge in [-0.1, -0.05) is 18.2 Å². The van der Waals surface area contributed by atoms with Crippen molar-refractivity contribution in [1.29, 1.82) is 0 Å². The van der Waals surface area contributed by atoms with Crippen LogP contribution in [0.25, 0.3) is 6.08 Å². The van der Waals surface area contributed by atoms with Crippen molar-refractivity contribution in [3.05, 3.63) is 75.9 Å². The zero-order valence-electron chi connectivity index (χ0n) is 13.1. The smallest absolute Gasteiger partial charge is 0.331 e. The summed E-state index contributed by atoms with van der Waals surface area (Å²) in [5.41, 5.74) is -0.680. The van der Waals surface area contributed by atoms with E-state index in [1.165, 1.54) is 18.2 Å². The summed E-state index contributed by atoms with van der Waals surface area (Å²) in [6.07, 6.45) is 2.06. The fourth-order valence-corrected chi connectivity index (χ4v) is 1.93. The maximum atomic E-state index is 13.4. The number of hydrogen-bond acceptors (Lipinski definition) is 5. The Bertz CT molecular complexity index is 863. The zero-order chi connectivity index (χ0) is 19.1. The molecule has 9 heteroatoms. The Morgan fingerprint density at radius 1 is 1.12 bits per heavy atom. The first kappa shape index (κ1) is 18.7. The molecule has 0 spiro atoms. The monoisotopic (exact) mass is 362 g/mol. The molecule has 0 aromatic heterocycles. The molecule has 1 amide bonds. The van der Waals surface area contributed by atoms with Gasteiger partial charge in [0.2, 0.25) is 0 Å². The van der Waals surface area contributed by atoms with Crippen LogP contribution in [0.3, 0.4) is 0 Å². The minimum absolute atomic E-state index is 0.173. The molecule has 0 heterocycles. The second-order valence-corrected chi connectivity index (χ2v) is 4.90. The first-order chi connectivity index (χ1) is 12.4. The highest BCUT2D eigenvalue weighted by molar-refractivity contribution is 5.95. The number of nitrogens with zero attached hydrogens (tertiary/aromatic N) is 1. The first-order valence-corrected chi connectivity index (χ1v) is 7.20. The molecule has 1 N–H and O–H groups in total. The molecule has 2 aromatic rings. The standard InChI is InChI=1S/C17H12F2N2O5/c18-12-5-3-6-13(19)17(12)20-15(22)10-26-16(23)9-8-11-4-1-2-7-14(11)21(24)25/h1-9H,10H2,(H,20,22)/b9-8+. The van der Waals surface area contributed by atoms with Crippen LogP contribution in [0.15, 0.2) is 48.5 Å². The molecule has 0 unspecified atom stereocenters. The van der Waals surface area contributed by atoms with Crippen molar-refractivity contribution >= 4 is 29.3 Å². The molecular formula is C17H12F2N2O5. The zero-order valence-corrected chi connectivity index (χ0v) is 13.1. The Balaban J connectivity index is 1.93. The van der Waals surface area contributed by atoms with Crippen LogP contribution in [0.1, 0.15) is 5.56 Å². The van der Waals surface area contributed by atoms with E-state index in [0.717, 1.165) is 30.4 Å². The Hall–Kier alpha value is -3.62. The SMILES string of the molecule is O=C(COC(=O)/C=C/c1ccccc1[N+](=O)[O-])Nc1c(F)cccc1F. The Kier molecular flexibility index (Phi) is 6.10. The maximum Gasteiger partial charge on any atom is 0.331 e. The van der Waals surface area contributed by atoms with E-state index in [-0.39, 0.29) is 11.3 Å². The average Bonchev–Trinajstić information content (AvgIpc) is 2.61. The number of para-hydroxylation sites is 2. The molecule has 7 nitrogen and oxygen atoms in total. The topological polar surface area (TPSA) is 98.5 Å². The number of nitro benzene ring substituents is 1. The normalized spacial score (nSPS) is 10.5. The molecule has 0 radical (unpaired) electrons. The van der Waals surface area contributed by atoms with Crippen LogP contribution < -0.4 is 5.32 Å². The lowest BCUT2D eigenvalue weighted by atomic mass is 10.1. The van der Waals surface area contributed by atoms with Crippen LogP contribution in [0.4, 0.5) is 20.2 Å². The van der Waals surface area contributed by atoms with Gasteiger partial charge in [-0.25, -0.2) is 13.6 Å². The molecule has 2 aromatic carbocycles. The molecule has 0 saturated carbocycles. The van der Waals surface area contributed by atoms with Crippen molar-refractivity contribution < 1.29 is 28.0 Å². The van der Waals surface area contributed by atoms with Crippen LogP contribution in [-0.4, -0.2) is 23.4 Å². The van der Waals surface area contributed by atoms with E-state index in [2.05, 4.69) is 4.74 Å². The number of ether oxygens (including phenoxy) is 1. The summed E-state index contributed by atoms with van der Waals surface area (Å²) < 4.78 is 31.4. The molecule has 0 aliphatic heterocycles. The summed E-state index contributed by atoms with van der Waals surface area (Å²) >= 11 is 0. The highest BCUT2D eigenvalue weighted by atomic mass is 19.1. The highest BCUT2D eigenvalue weighted by Gasteiger charge is 2.13. The lowest BCUT2D eigenvalue weighted by molar-refractivity contribution is -0.385. The summed E-state index contributed by atoms with van der Waals surface area (Å²) in [6, 6.07) is 8.76. The van der Waals surface area contributed by atoms with E-state index < -0.39 is 40.7 Å². The molecule has 0 bridgehead atoms. The minimum atomic E-state index is -0.971. The molecule has 0 aliphatic rings. The Morgan fingerprint density at radius 3 is 2.42 bits per heavy atom. The number of anilines is 1. The van der Waals surface area contributed by atoms with Crippen molar-refractivity contribution in [1.82, 2.24) is 0 Å². The molecule has 134 valence electrons. The summed E-state index contributed by atoms with van der Waals surface area (Å²) in [6.45, 7) is -0.784. The molecule has 0 saturated heterocycles. The first-order valence-electron chi connectivity index (χ1n) is 7.20. The van der Waals surface area contributed by atoms with Gasteiger partial charge >= 0.3 is 5.97 Å². The maximum absolute atomic E-state index is 13.4. The van der Waals surface area contributed by atoms with Crippen LogP contribution in [-0.2, 0) is 14.3 Å². The van der Waals surface area contributed by atoms with E-state index in [0.29, 0.717) is 0 Å². The highest BCUT2D eigenvalue weighted by Crippen LogP contribution is 2.19. The molecule has 0 aliphatic carbocycles. The van der Waals surface area contributed by atoms with Crippen LogP contribution in [0.2, 0.25) is 0 Å². The number of nitro groups is 1. The van der Waals surface area contributed by atoms with Crippen LogP contribution in [0, 0.1) is 21.7 Å². The predicted octanol–water partition coefficient (Wildman–Crippen LogP) is 3.07. The fourth-order valence-electron chi connectivity index (χ4n) is 1.93. The number of benzene rings is 2. The van der Waals surface area contributed by atoms with Crippen molar-refractivity contribution in [2.45, 2.75) is 0 Å². The van der Waals surface area contributed by atoms with Gasteiger partial charge in [-0.05, 0) is 24.3 Å². The molecule has 0 fully saturated rings. The van der Waals surface area contributed by atoms with Gasteiger partial charge in [0, 0.05) is 12.1 Å². The van der Waals surface area contributed by atoms with Crippen molar-refractivity contribution in [3.63, 3.8) is 0 Å². The van der Waals surface area contributed by atoms with Crippen molar-refractivity contribution in [3.8, 4) is 0 Å². The van der Waals surface area contributed by atoms with Gasteiger partial charge in [0.1, 0.15) is 17.3 Å². The Morgan fingerprint density at radius 2 is 1.77 bits per heavy atom. The van der Waals surface area contributed by atoms with Gasteiger partial charge in [-0.2, -0.15) is 0 Å². The van der Waals surface area contributed by atoms with Gasteiger partial charge in [-0.15, -0.1) is 0 Å². The van der Waals surface area contributed by atoms with Gasteiger partial charge in [-0.3, -0.25) is 14.9 Å². The summed E-state index contributed by atoms with van der Waals surface area (Å²) in [4.78, 5) is 33.4. The summed E-state index contributed by atoms with van der Waals surface area (Å²) in [7, 11) is 0. The lowest BCUT2D eigenvalue weighted by Gasteiger charge is -2.07. The minimum Gasteiger partial charge on any atom is -0.452 e. The quantitative estimate of drug-likeness (QED) is 0.369. The van der Waals surface area contributed by atoms with Crippen molar-refractivity contribution in [2.24, 2.45) is 0 Å². The number of carbonyl (C=O) groups excluding carboxylic acids is 2. The van der Waals surface area contributed by atoms with E-state index in [1.54, 1.807) is 6.07 Å². The number of amides is 1. The number of halogens is 2. The van der Waals surface area contributed by atoms with E-state index >= 15 is 0 Å². The number of esters is 1. The Labute approximate surface area is 146 Å². The molecule has 2 rings (SSSR count). The van der Waals surface area contributed by atoms with Gasteiger partial charge in [0.05, 0.1) is 10.5 Å². The van der Waals surface area contributed by atoms with Gasteiger partial charge in [0.25, 0.3) is 11.6 Å². The van der Waals surface area contributed by atoms with Crippen molar-refractivity contribution in [2.75, 3.05) is 11.9 Å². The number of carbonyl (C=O) groups is 2. The molecule has 0 atom stereocenters. The largest absolute Gasteiger partial charge is 0.452 e. The molecular weight excluding hydrogens is 350 g/mol. The number of nitrogens with one attached hydrogen (secondary N) is 1. The van der Waals surface area contributed by atoms with Gasteiger partial charge in [0.15, 0.2) is 6.61 Å². The van der Waals surface area contributed by atoms with Crippen LogP contribution in [0.5, 0.6) is 0 Å². The third kappa shape index (κ3) is 4.94. The summed E-state index contributed by atoms with van der Waals surface area (Å²) in [5, 5.41) is 12.8. The van der Waals surface area contributed by atoms with Crippen LogP contribution >= 0.6 is 0 Å². The third-order valence-electron chi connectivity index (χ3n) is 3.11. The second-order valence-electron chi connectivity index (χ2n) is 4.90. The fraction of sp³-hybridized carbons (Fsp3) is 0.0588. The second kappa shape index (κ2) is 8.47. The summed E-state index contributed by atoms with van der Waals surface area (Å²) in [5.74, 6) is -3.84. The third-order valence-corrected chi connectivity index (χ3v) is 3.11. The van der Waals surface area contributed by atoms with E-state index in [1.807, 2.05) is 5.32 Å². The number of hydrogen-bond donors (Lipinski definition) is 1.